The smallest absolute Gasteiger partial charge is 0.146 e. The zero-order chi connectivity index (χ0) is 10.8. The number of hydrogen-bond acceptors (Lipinski definition) is 2. The molecule has 2 rings (SSSR count). The van der Waals surface area contributed by atoms with Gasteiger partial charge >= 0.3 is 0 Å². The molecule has 0 aromatic heterocycles. The molecule has 0 atom stereocenters. The van der Waals surface area contributed by atoms with Crippen LogP contribution in [0.1, 0.15) is 18.4 Å². The van der Waals surface area contributed by atoms with Crippen LogP contribution in [0.15, 0.2) is 18.2 Å². The molecule has 2 nitrogen and oxygen atoms in total. The van der Waals surface area contributed by atoms with Crippen molar-refractivity contribution < 1.29 is 4.39 Å². The lowest BCUT2D eigenvalue weighted by Gasteiger charge is -2.18. The third kappa shape index (κ3) is 2.48. The summed E-state index contributed by atoms with van der Waals surface area (Å²) in [6.07, 6.45) is 2.51. The van der Waals surface area contributed by atoms with E-state index in [1.807, 2.05) is 25.1 Å². The Hall–Kier alpha value is -1.09. The van der Waals surface area contributed by atoms with Crippen LogP contribution >= 0.6 is 0 Å². The van der Waals surface area contributed by atoms with Crippen molar-refractivity contribution in [2.45, 2.75) is 25.4 Å². The standard InChI is InChI=1S/C12H17FN2/c1-15(2)12-9(4-3-5-11(12)13)8-14-10-6-7-10/h3-5,10,14H,6-8H2,1-2H3. The van der Waals surface area contributed by atoms with Crippen molar-refractivity contribution >= 4 is 5.69 Å². The molecule has 1 aliphatic rings. The van der Waals surface area contributed by atoms with Gasteiger partial charge < -0.3 is 10.2 Å². The van der Waals surface area contributed by atoms with E-state index in [0.29, 0.717) is 11.7 Å². The molecule has 0 saturated heterocycles. The van der Waals surface area contributed by atoms with Crippen molar-refractivity contribution in [3.8, 4) is 0 Å². The SMILES string of the molecule is CN(C)c1c(F)cccc1CNC1CC1. The summed E-state index contributed by atoms with van der Waals surface area (Å²) >= 11 is 0. The van der Waals surface area contributed by atoms with E-state index < -0.39 is 0 Å². The average molecular weight is 208 g/mol. The lowest BCUT2D eigenvalue weighted by molar-refractivity contribution is 0.618. The number of hydrogen-bond donors (Lipinski definition) is 1. The summed E-state index contributed by atoms with van der Waals surface area (Å²) in [4.78, 5) is 1.83. The van der Waals surface area contributed by atoms with Crippen molar-refractivity contribution in [3.63, 3.8) is 0 Å². The third-order valence-electron chi connectivity index (χ3n) is 2.68. The molecule has 0 radical (unpaired) electrons. The van der Waals surface area contributed by atoms with Gasteiger partial charge in [0, 0.05) is 26.7 Å². The van der Waals surface area contributed by atoms with Crippen LogP contribution in [0.4, 0.5) is 10.1 Å². The monoisotopic (exact) mass is 208 g/mol. The first-order valence-corrected chi connectivity index (χ1v) is 5.36. The van der Waals surface area contributed by atoms with Crippen molar-refractivity contribution in [2.24, 2.45) is 0 Å². The van der Waals surface area contributed by atoms with E-state index in [2.05, 4.69) is 5.32 Å². The summed E-state index contributed by atoms with van der Waals surface area (Å²) in [5.74, 6) is -0.143. The fourth-order valence-electron chi connectivity index (χ4n) is 1.75. The normalized spacial score (nSPS) is 15.4. The van der Waals surface area contributed by atoms with Gasteiger partial charge in [-0.05, 0) is 24.5 Å². The first kappa shape index (κ1) is 10.4. The highest BCUT2D eigenvalue weighted by Gasteiger charge is 2.21. The van der Waals surface area contributed by atoms with Gasteiger partial charge in [-0.15, -0.1) is 0 Å². The predicted molar refractivity (Wildman–Crippen MR) is 60.6 cm³/mol. The fraction of sp³-hybridized carbons (Fsp3) is 0.500. The molecule has 1 fully saturated rings. The van der Waals surface area contributed by atoms with E-state index in [4.69, 9.17) is 0 Å². The number of anilines is 1. The summed E-state index contributed by atoms with van der Waals surface area (Å²) in [5.41, 5.74) is 1.73. The molecule has 0 bridgehead atoms. The van der Waals surface area contributed by atoms with Gasteiger partial charge in [-0.3, -0.25) is 0 Å². The van der Waals surface area contributed by atoms with Crippen LogP contribution in [0.25, 0.3) is 0 Å². The molecule has 0 heterocycles. The van der Waals surface area contributed by atoms with Crippen LogP contribution in [0, 0.1) is 5.82 Å². The Morgan fingerprint density at radius 2 is 2.13 bits per heavy atom. The first-order chi connectivity index (χ1) is 7.18. The van der Waals surface area contributed by atoms with Gasteiger partial charge in [0.1, 0.15) is 5.82 Å². The Balaban J connectivity index is 2.15. The van der Waals surface area contributed by atoms with Gasteiger partial charge in [-0.25, -0.2) is 4.39 Å². The number of nitrogens with one attached hydrogen (secondary N) is 1. The van der Waals surface area contributed by atoms with Crippen LogP contribution < -0.4 is 10.2 Å². The topological polar surface area (TPSA) is 15.3 Å². The van der Waals surface area contributed by atoms with Gasteiger partial charge in [0.2, 0.25) is 0 Å². The Morgan fingerprint density at radius 3 is 2.73 bits per heavy atom. The van der Waals surface area contributed by atoms with E-state index in [1.54, 1.807) is 6.07 Å². The molecule has 0 amide bonds. The van der Waals surface area contributed by atoms with Gasteiger partial charge in [-0.1, -0.05) is 12.1 Å². The van der Waals surface area contributed by atoms with Crippen molar-refractivity contribution in [1.29, 1.82) is 0 Å². The number of rotatable bonds is 4. The molecule has 1 aromatic carbocycles. The van der Waals surface area contributed by atoms with Crippen molar-refractivity contribution in [3.05, 3.63) is 29.6 Å². The molecule has 82 valence electrons. The first-order valence-electron chi connectivity index (χ1n) is 5.36. The minimum atomic E-state index is -0.143. The summed E-state index contributed by atoms with van der Waals surface area (Å²) in [6.45, 7) is 0.760. The maximum Gasteiger partial charge on any atom is 0.146 e. The molecule has 0 aliphatic heterocycles. The summed E-state index contributed by atoms with van der Waals surface area (Å²) in [6, 6.07) is 5.92. The highest BCUT2D eigenvalue weighted by Crippen LogP contribution is 2.24. The van der Waals surface area contributed by atoms with Gasteiger partial charge in [0.05, 0.1) is 5.69 Å². The number of para-hydroxylation sites is 1. The lowest BCUT2D eigenvalue weighted by Crippen LogP contribution is -2.19. The molecule has 1 aliphatic carbocycles. The van der Waals surface area contributed by atoms with Crippen LogP contribution in [0.2, 0.25) is 0 Å². The average Bonchev–Trinajstić information content (AvgIpc) is 2.97. The molecule has 0 spiro atoms. The minimum absolute atomic E-state index is 0.143. The summed E-state index contributed by atoms with van der Waals surface area (Å²) < 4.78 is 13.6. The lowest BCUT2D eigenvalue weighted by atomic mass is 10.1. The van der Waals surface area contributed by atoms with E-state index in [0.717, 1.165) is 12.1 Å². The maximum absolute atomic E-state index is 13.6. The van der Waals surface area contributed by atoms with E-state index >= 15 is 0 Å². The molecular formula is C12H17FN2. The predicted octanol–water partition coefficient (Wildman–Crippen LogP) is 2.14. The van der Waals surface area contributed by atoms with Gasteiger partial charge in [-0.2, -0.15) is 0 Å². The molecule has 1 saturated carbocycles. The zero-order valence-corrected chi connectivity index (χ0v) is 9.26. The molecule has 1 N–H and O–H groups in total. The second-order valence-electron chi connectivity index (χ2n) is 4.30. The second-order valence-corrected chi connectivity index (χ2v) is 4.30. The zero-order valence-electron chi connectivity index (χ0n) is 9.26. The summed E-state index contributed by atoms with van der Waals surface area (Å²) in [5, 5.41) is 3.40. The van der Waals surface area contributed by atoms with Crippen LogP contribution in [-0.2, 0) is 6.54 Å². The Morgan fingerprint density at radius 1 is 1.40 bits per heavy atom. The molecule has 0 unspecified atom stereocenters. The van der Waals surface area contributed by atoms with E-state index in [1.165, 1.54) is 18.9 Å². The van der Waals surface area contributed by atoms with E-state index in [9.17, 15) is 4.39 Å². The number of halogens is 1. The Labute approximate surface area is 90.1 Å². The quantitative estimate of drug-likeness (QED) is 0.815. The highest BCUT2D eigenvalue weighted by molar-refractivity contribution is 5.53. The Bertz CT molecular complexity index is 345. The fourth-order valence-corrected chi connectivity index (χ4v) is 1.75. The Kier molecular flexibility index (Phi) is 2.91. The largest absolute Gasteiger partial charge is 0.375 e. The third-order valence-corrected chi connectivity index (χ3v) is 2.68. The van der Waals surface area contributed by atoms with Gasteiger partial charge in [0.25, 0.3) is 0 Å². The number of benzene rings is 1. The van der Waals surface area contributed by atoms with Crippen LogP contribution in [0.3, 0.4) is 0 Å². The second kappa shape index (κ2) is 4.19. The molecular weight excluding hydrogens is 191 g/mol. The van der Waals surface area contributed by atoms with Crippen LogP contribution in [0.5, 0.6) is 0 Å². The molecule has 3 heteroatoms. The number of nitrogens with zero attached hydrogens (tertiary/aromatic N) is 1. The van der Waals surface area contributed by atoms with Gasteiger partial charge in [0.15, 0.2) is 0 Å². The minimum Gasteiger partial charge on any atom is -0.375 e. The highest BCUT2D eigenvalue weighted by atomic mass is 19.1. The van der Waals surface area contributed by atoms with Crippen molar-refractivity contribution in [2.75, 3.05) is 19.0 Å². The molecule has 15 heavy (non-hydrogen) atoms. The van der Waals surface area contributed by atoms with Crippen LogP contribution in [-0.4, -0.2) is 20.1 Å². The molecule has 1 aromatic rings. The maximum atomic E-state index is 13.6. The van der Waals surface area contributed by atoms with E-state index in [-0.39, 0.29) is 5.82 Å². The van der Waals surface area contributed by atoms with Crippen molar-refractivity contribution in [1.82, 2.24) is 5.32 Å². The summed E-state index contributed by atoms with van der Waals surface area (Å²) in [7, 11) is 3.75.